The van der Waals surface area contributed by atoms with Gasteiger partial charge in [-0.05, 0) is 0 Å². The Bertz CT molecular complexity index is 152. The highest BCUT2D eigenvalue weighted by Gasteiger charge is 2.23. The van der Waals surface area contributed by atoms with Gasteiger partial charge in [0.15, 0.2) is 0 Å². The topological polar surface area (TPSA) is 99.9 Å². The molecule has 1 rings (SSSR count). The summed E-state index contributed by atoms with van der Waals surface area (Å²) in [4.78, 5) is 0. The Morgan fingerprint density at radius 2 is 2.00 bits per heavy atom. The van der Waals surface area contributed by atoms with Crippen molar-refractivity contribution in [1.29, 1.82) is 5.26 Å². The van der Waals surface area contributed by atoms with Gasteiger partial charge in [0.2, 0.25) is 0 Å². The van der Waals surface area contributed by atoms with E-state index >= 15 is 0 Å². The maximum Gasteiger partial charge on any atom is 0.110 e. The Morgan fingerprint density at radius 1 is 1.42 bits per heavy atom. The third kappa shape index (κ3) is 3.15. The van der Waals surface area contributed by atoms with Gasteiger partial charge in [0.05, 0.1) is 18.2 Å². The summed E-state index contributed by atoms with van der Waals surface area (Å²) in [5.41, 5.74) is 11.0. The molecular weight excluding hydrogens is 154 g/mol. The third-order valence-corrected chi connectivity index (χ3v) is 1.53. The van der Waals surface area contributed by atoms with Gasteiger partial charge in [-0.2, -0.15) is 5.26 Å². The van der Waals surface area contributed by atoms with Gasteiger partial charge >= 0.3 is 0 Å². The smallest absolute Gasteiger partial charge is 0.110 e. The third-order valence-electron chi connectivity index (χ3n) is 1.53. The molecule has 3 unspecified atom stereocenters. The molecule has 0 aliphatic carbocycles. The maximum absolute atomic E-state index is 8.50. The van der Waals surface area contributed by atoms with Crippen LogP contribution in [0.25, 0.3) is 0 Å². The molecule has 1 heterocycles. The van der Waals surface area contributed by atoms with Gasteiger partial charge < -0.3 is 11.5 Å². The van der Waals surface area contributed by atoms with Gasteiger partial charge in [-0.3, -0.25) is 10.6 Å². The lowest BCUT2D eigenvalue weighted by molar-refractivity contribution is 0.265. The average Bonchev–Trinajstić information content (AvgIpc) is 2.08. The van der Waals surface area contributed by atoms with Crippen molar-refractivity contribution < 1.29 is 0 Å². The Morgan fingerprint density at radius 3 is 2.42 bits per heavy atom. The van der Waals surface area contributed by atoms with E-state index < -0.39 is 0 Å². The zero-order chi connectivity index (χ0) is 9.56. The van der Waals surface area contributed by atoms with Gasteiger partial charge in [-0.15, -0.1) is 0 Å². The first-order chi connectivity index (χ1) is 5.74. The molecule has 0 aromatic rings. The average molecular weight is 171 g/mol. The fourth-order valence-electron chi connectivity index (χ4n) is 0.889. The Kier molecular flexibility index (Phi) is 5.58. The number of hydrogen-bond donors (Lipinski definition) is 4. The highest BCUT2D eigenvalue weighted by molar-refractivity contribution is 4.94. The summed E-state index contributed by atoms with van der Waals surface area (Å²) in [5, 5.41) is 14.2. The van der Waals surface area contributed by atoms with Crippen LogP contribution in [0.2, 0.25) is 0 Å². The summed E-state index contributed by atoms with van der Waals surface area (Å²) in [6.07, 6.45) is -0.583. The quantitative estimate of drug-likeness (QED) is 0.369. The second-order valence-corrected chi connectivity index (χ2v) is 2.31. The molecule has 0 spiro atoms. The molecule has 70 valence electrons. The van der Waals surface area contributed by atoms with Crippen molar-refractivity contribution in [3.8, 4) is 6.07 Å². The van der Waals surface area contributed by atoms with Crippen LogP contribution in [-0.2, 0) is 0 Å². The molecular formula is C7H17N5. The minimum atomic E-state index is -0.304. The van der Waals surface area contributed by atoms with Crippen LogP contribution in [0.4, 0.5) is 0 Å². The molecule has 5 nitrogen and oxygen atoms in total. The number of nitriles is 1. The van der Waals surface area contributed by atoms with E-state index in [1.54, 1.807) is 0 Å². The summed E-state index contributed by atoms with van der Waals surface area (Å²) in [6.45, 7) is 4.56. The number of nitrogens with one attached hydrogen (secondary N) is 2. The summed E-state index contributed by atoms with van der Waals surface area (Å²) < 4.78 is 0. The van der Waals surface area contributed by atoms with E-state index in [9.17, 15) is 0 Å². The molecule has 1 saturated heterocycles. The van der Waals surface area contributed by atoms with Crippen LogP contribution in [0.5, 0.6) is 0 Å². The molecule has 0 aromatic carbocycles. The molecule has 0 aromatic heterocycles. The predicted molar refractivity (Wildman–Crippen MR) is 47.5 cm³/mol. The second-order valence-electron chi connectivity index (χ2n) is 2.31. The van der Waals surface area contributed by atoms with Crippen LogP contribution in [0, 0.1) is 17.2 Å². The lowest BCUT2D eigenvalue weighted by Crippen LogP contribution is -2.65. The molecule has 0 amide bonds. The largest absolute Gasteiger partial charge is 0.315 e. The van der Waals surface area contributed by atoms with Gasteiger partial charge in [-0.25, -0.2) is 0 Å². The minimum Gasteiger partial charge on any atom is -0.315 e. The Hall–Kier alpha value is -0.670. The van der Waals surface area contributed by atoms with Crippen molar-refractivity contribution in [2.24, 2.45) is 17.4 Å². The molecule has 0 saturated carbocycles. The van der Waals surface area contributed by atoms with Crippen LogP contribution in [0.1, 0.15) is 13.8 Å². The van der Waals surface area contributed by atoms with Crippen LogP contribution in [0.3, 0.4) is 0 Å². The molecule has 12 heavy (non-hydrogen) atoms. The van der Waals surface area contributed by atoms with Gasteiger partial charge in [0, 0.05) is 6.54 Å². The maximum atomic E-state index is 8.50. The molecule has 0 radical (unpaired) electrons. The molecule has 6 N–H and O–H groups in total. The SMILES string of the molecule is CC.N#CC1CNC(N)NC1N. The van der Waals surface area contributed by atoms with Gasteiger partial charge in [-0.1, -0.05) is 13.8 Å². The highest BCUT2D eigenvalue weighted by Crippen LogP contribution is 1.99. The Labute approximate surface area is 73.1 Å². The van der Waals surface area contributed by atoms with E-state index in [4.69, 9.17) is 16.7 Å². The molecule has 1 aliphatic heterocycles. The summed E-state index contributed by atoms with van der Waals surface area (Å²) in [5.74, 6) is -0.181. The number of nitrogens with zero attached hydrogens (tertiary/aromatic N) is 1. The monoisotopic (exact) mass is 171 g/mol. The molecule has 1 fully saturated rings. The summed E-state index contributed by atoms with van der Waals surface area (Å²) >= 11 is 0. The highest BCUT2D eigenvalue weighted by atomic mass is 15.3. The summed E-state index contributed by atoms with van der Waals surface area (Å²) in [6, 6.07) is 2.07. The second kappa shape index (κ2) is 5.91. The van der Waals surface area contributed by atoms with Crippen LogP contribution >= 0.6 is 0 Å². The Balaban J connectivity index is 0.000000561. The number of rotatable bonds is 0. The van der Waals surface area contributed by atoms with Crippen molar-refractivity contribution in [2.45, 2.75) is 26.3 Å². The first-order valence-corrected chi connectivity index (χ1v) is 4.14. The van der Waals surface area contributed by atoms with E-state index in [0.717, 1.165) is 0 Å². The van der Waals surface area contributed by atoms with Crippen LogP contribution < -0.4 is 22.1 Å². The molecule has 5 heteroatoms. The van der Waals surface area contributed by atoms with E-state index in [2.05, 4.69) is 16.7 Å². The van der Waals surface area contributed by atoms with Crippen molar-refractivity contribution in [2.75, 3.05) is 6.54 Å². The zero-order valence-corrected chi connectivity index (χ0v) is 7.54. The van der Waals surface area contributed by atoms with Crippen molar-refractivity contribution >= 4 is 0 Å². The first-order valence-electron chi connectivity index (χ1n) is 4.14. The van der Waals surface area contributed by atoms with Crippen molar-refractivity contribution in [3.05, 3.63) is 0 Å². The van der Waals surface area contributed by atoms with E-state index in [1.807, 2.05) is 13.8 Å². The van der Waals surface area contributed by atoms with E-state index in [-0.39, 0.29) is 18.4 Å². The normalized spacial score (nSPS) is 34.4. The lowest BCUT2D eigenvalue weighted by Gasteiger charge is -2.30. The minimum absolute atomic E-state index is 0.181. The summed E-state index contributed by atoms with van der Waals surface area (Å²) in [7, 11) is 0. The number of hydrogen-bond acceptors (Lipinski definition) is 5. The first kappa shape index (κ1) is 11.3. The molecule has 3 atom stereocenters. The van der Waals surface area contributed by atoms with Gasteiger partial charge in [0.1, 0.15) is 6.29 Å². The van der Waals surface area contributed by atoms with Crippen molar-refractivity contribution in [3.63, 3.8) is 0 Å². The van der Waals surface area contributed by atoms with Crippen molar-refractivity contribution in [1.82, 2.24) is 10.6 Å². The fraction of sp³-hybridized carbons (Fsp3) is 0.857. The predicted octanol–water partition coefficient (Wildman–Crippen LogP) is -1.13. The van der Waals surface area contributed by atoms with Crippen LogP contribution in [-0.4, -0.2) is 19.0 Å². The lowest BCUT2D eigenvalue weighted by atomic mass is 10.1. The molecule has 1 aliphatic rings. The fourth-order valence-corrected chi connectivity index (χ4v) is 0.889. The van der Waals surface area contributed by atoms with E-state index in [1.165, 1.54) is 0 Å². The standard InChI is InChI=1S/C5H11N5.C2H6/c6-1-3-2-9-5(8)10-4(3)7;1-2/h3-5,9-10H,2,7-8H2;1-2H3. The van der Waals surface area contributed by atoms with Gasteiger partial charge in [0.25, 0.3) is 0 Å². The van der Waals surface area contributed by atoms with Crippen LogP contribution in [0.15, 0.2) is 0 Å². The zero-order valence-electron chi connectivity index (χ0n) is 7.54. The van der Waals surface area contributed by atoms with E-state index in [0.29, 0.717) is 6.54 Å². The number of nitrogens with two attached hydrogens (primary N) is 2. The molecule has 0 bridgehead atoms.